The summed E-state index contributed by atoms with van der Waals surface area (Å²) in [5.74, 6) is 0.405. The SMILES string of the molecule is CCCOC(=O)CCCN1C(=O)/C(=C/c2ccc(OCc3ccccc3)cc2)SC1=S. The molecule has 2 aromatic rings. The van der Waals surface area contributed by atoms with Crippen LogP contribution in [0.3, 0.4) is 0 Å². The molecule has 0 N–H and O–H groups in total. The van der Waals surface area contributed by atoms with Crippen molar-refractivity contribution in [1.82, 2.24) is 4.90 Å². The molecule has 2 aromatic carbocycles. The van der Waals surface area contributed by atoms with Gasteiger partial charge in [0, 0.05) is 13.0 Å². The predicted octanol–water partition coefficient (Wildman–Crippen LogP) is 5.20. The average Bonchev–Trinajstić information content (AvgIpc) is 3.05. The Morgan fingerprint density at radius 2 is 1.87 bits per heavy atom. The van der Waals surface area contributed by atoms with E-state index in [9.17, 15) is 9.59 Å². The Hall–Kier alpha value is -2.64. The van der Waals surface area contributed by atoms with Crippen LogP contribution in [0, 0.1) is 0 Å². The van der Waals surface area contributed by atoms with Crippen molar-refractivity contribution in [3.05, 3.63) is 70.6 Å². The maximum Gasteiger partial charge on any atom is 0.305 e. The van der Waals surface area contributed by atoms with Crippen LogP contribution in [-0.2, 0) is 20.9 Å². The third-order valence-corrected chi connectivity index (χ3v) is 5.91. The van der Waals surface area contributed by atoms with Gasteiger partial charge in [0.2, 0.25) is 0 Å². The number of hydrogen-bond donors (Lipinski definition) is 0. The van der Waals surface area contributed by atoms with Crippen molar-refractivity contribution in [2.45, 2.75) is 32.8 Å². The molecule has 7 heteroatoms. The Kier molecular flexibility index (Phi) is 8.67. The van der Waals surface area contributed by atoms with Crippen LogP contribution >= 0.6 is 24.0 Å². The lowest BCUT2D eigenvalue weighted by atomic mass is 10.2. The molecule has 0 saturated carbocycles. The van der Waals surface area contributed by atoms with E-state index < -0.39 is 0 Å². The minimum atomic E-state index is -0.239. The molecule has 162 valence electrons. The smallest absolute Gasteiger partial charge is 0.305 e. The Morgan fingerprint density at radius 1 is 1.13 bits per heavy atom. The molecule has 0 aliphatic carbocycles. The van der Waals surface area contributed by atoms with Crippen LogP contribution in [0.25, 0.3) is 6.08 Å². The molecule has 1 saturated heterocycles. The highest BCUT2D eigenvalue weighted by Gasteiger charge is 2.31. The number of rotatable bonds is 10. The van der Waals surface area contributed by atoms with Crippen LogP contribution in [0.15, 0.2) is 59.5 Å². The van der Waals surface area contributed by atoms with Crippen LogP contribution in [0.2, 0.25) is 0 Å². The van der Waals surface area contributed by atoms with Gasteiger partial charge >= 0.3 is 5.97 Å². The van der Waals surface area contributed by atoms with Crippen molar-refractivity contribution in [2.24, 2.45) is 0 Å². The second-order valence-corrected chi connectivity index (χ2v) is 8.68. The van der Waals surface area contributed by atoms with Gasteiger partial charge in [0.05, 0.1) is 11.5 Å². The summed E-state index contributed by atoms with van der Waals surface area (Å²) in [5, 5.41) is 0. The summed E-state index contributed by atoms with van der Waals surface area (Å²) in [6.45, 7) is 3.30. The fourth-order valence-corrected chi connectivity index (χ4v) is 4.22. The first kappa shape index (κ1) is 23.0. The molecule has 0 unspecified atom stereocenters. The minimum Gasteiger partial charge on any atom is -0.489 e. The number of nitrogens with zero attached hydrogens (tertiary/aromatic N) is 1. The summed E-state index contributed by atoms with van der Waals surface area (Å²) >= 11 is 6.64. The number of ether oxygens (including phenoxy) is 2. The molecule has 0 spiro atoms. The third kappa shape index (κ3) is 6.94. The standard InChI is InChI=1S/C24H25NO4S2/c1-2-15-28-22(26)9-6-14-25-23(27)21(31-24(25)30)16-18-10-12-20(13-11-18)29-17-19-7-4-3-5-8-19/h3-5,7-8,10-13,16H,2,6,9,14-15,17H2,1H3/b21-16-. The molecule has 0 bridgehead atoms. The first-order valence-corrected chi connectivity index (χ1v) is 11.5. The van der Waals surface area contributed by atoms with Gasteiger partial charge < -0.3 is 9.47 Å². The lowest BCUT2D eigenvalue weighted by molar-refractivity contribution is -0.144. The van der Waals surface area contributed by atoms with Crippen molar-refractivity contribution in [3.63, 3.8) is 0 Å². The molecular weight excluding hydrogens is 430 g/mol. The summed E-state index contributed by atoms with van der Waals surface area (Å²) in [6, 6.07) is 17.6. The van der Waals surface area contributed by atoms with E-state index in [1.165, 1.54) is 11.8 Å². The van der Waals surface area contributed by atoms with Crippen LogP contribution < -0.4 is 4.74 Å². The van der Waals surface area contributed by atoms with Gasteiger partial charge in [0.1, 0.15) is 16.7 Å². The molecule has 0 atom stereocenters. The summed E-state index contributed by atoms with van der Waals surface area (Å²) in [4.78, 5) is 26.4. The lowest BCUT2D eigenvalue weighted by Crippen LogP contribution is -2.29. The number of esters is 1. The van der Waals surface area contributed by atoms with Crippen LogP contribution in [-0.4, -0.2) is 34.2 Å². The highest BCUT2D eigenvalue weighted by Crippen LogP contribution is 2.33. The number of benzene rings is 2. The average molecular weight is 456 g/mol. The van der Waals surface area contributed by atoms with Gasteiger partial charge in [-0.15, -0.1) is 0 Å². The molecule has 1 heterocycles. The number of thioether (sulfide) groups is 1. The van der Waals surface area contributed by atoms with E-state index in [2.05, 4.69) is 0 Å². The molecule has 5 nitrogen and oxygen atoms in total. The molecule has 0 radical (unpaired) electrons. The van der Waals surface area contributed by atoms with Gasteiger partial charge in [0.25, 0.3) is 5.91 Å². The number of amides is 1. The van der Waals surface area contributed by atoms with E-state index in [0.717, 1.165) is 23.3 Å². The first-order valence-electron chi connectivity index (χ1n) is 10.2. The third-order valence-electron chi connectivity index (χ3n) is 4.53. The van der Waals surface area contributed by atoms with Gasteiger partial charge in [-0.3, -0.25) is 14.5 Å². The van der Waals surface area contributed by atoms with E-state index in [1.807, 2.05) is 67.6 Å². The number of carbonyl (C=O) groups excluding carboxylic acids is 2. The Bertz CT molecular complexity index is 942. The van der Waals surface area contributed by atoms with Crippen LogP contribution in [0.1, 0.15) is 37.3 Å². The van der Waals surface area contributed by atoms with E-state index in [-0.39, 0.29) is 18.3 Å². The highest BCUT2D eigenvalue weighted by atomic mass is 32.2. The zero-order valence-electron chi connectivity index (χ0n) is 17.4. The van der Waals surface area contributed by atoms with Crippen molar-refractivity contribution in [1.29, 1.82) is 0 Å². The van der Waals surface area contributed by atoms with E-state index >= 15 is 0 Å². The van der Waals surface area contributed by atoms with E-state index in [0.29, 0.717) is 35.4 Å². The Balaban J connectivity index is 1.52. The lowest BCUT2D eigenvalue weighted by Gasteiger charge is -2.13. The fraction of sp³-hybridized carbons (Fsp3) is 0.292. The van der Waals surface area contributed by atoms with Gasteiger partial charge in [-0.25, -0.2) is 0 Å². The monoisotopic (exact) mass is 455 g/mol. The molecular formula is C24H25NO4S2. The molecule has 1 fully saturated rings. The second kappa shape index (κ2) is 11.7. The number of carbonyl (C=O) groups is 2. The van der Waals surface area contributed by atoms with Crippen LogP contribution in [0.4, 0.5) is 0 Å². The minimum absolute atomic E-state index is 0.124. The summed E-state index contributed by atoms with van der Waals surface area (Å²) in [7, 11) is 0. The molecule has 31 heavy (non-hydrogen) atoms. The van der Waals surface area contributed by atoms with Gasteiger partial charge in [-0.2, -0.15) is 0 Å². The predicted molar refractivity (Wildman–Crippen MR) is 128 cm³/mol. The first-order chi connectivity index (χ1) is 15.1. The summed E-state index contributed by atoms with van der Waals surface area (Å²) in [6.07, 6.45) is 3.43. The molecule has 0 aromatic heterocycles. The maximum absolute atomic E-state index is 12.7. The molecule has 1 aliphatic rings. The Labute approximate surface area is 192 Å². The van der Waals surface area contributed by atoms with Gasteiger partial charge in [0.15, 0.2) is 0 Å². The molecule has 3 rings (SSSR count). The summed E-state index contributed by atoms with van der Waals surface area (Å²) in [5.41, 5.74) is 2.00. The quantitative estimate of drug-likeness (QED) is 0.279. The van der Waals surface area contributed by atoms with Crippen molar-refractivity contribution in [3.8, 4) is 5.75 Å². The van der Waals surface area contributed by atoms with E-state index in [4.69, 9.17) is 21.7 Å². The molecule has 1 aliphatic heterocycles. The second-order valence-electron chi connectivity index (χ2n) is 7.00. The largest absolute Gasteiger partial charge is 0.489 e. The van der Waals surface area contributed by atoms with Gasteiger partial charge in [-0.1, -0.05) is 73.4 Å². The van der Waals surface area contributed by atoms with Gasteiger partial charge in [-0.05, 0) is 42.2 Å². The van der Waals surface area contributed by atoms with Crippen molar-refractivity contribution < 1.29 is 19.1 Å². The Morgan fingerprint density at radius 3 is 2.58 bits per heavy atom. The van der Waals surface area contributed by atoms with E-state index in [1.54, 1.807) is 4.90 Å². The van der Waals surface area contributed by atoms with Crippen molar-refractivity contribution in [2.75, 3.05) is 13.2 Å². The maximum atomic E-state index is 12.7. The normalized spacial score (nSPS) is 14.9. The summed E-state index contributed by atoms with van der Waals surface area (Å²) < 4.78 is 11.4. The zero-order chi connectivity index (χ0) is 22.1. The topological polar surface area (TPSA) is 55.8 Å². The van der Waals surface area contributed by atoms with Crippen molar-refractivity contribution >= 4 is 46.3 Å². The zero-order valence-corrected chi connectivity index (χ0v) is 19.0. The highest BCUT2D eigenvalue weighted by molar-refractivity contribution is 8.26. The molecule has 1 amide bonds. The number of thiocarbonyl (C=S) groups is 1. The van der Waals surface area contributed by atoms with Crippen LogP contribution in [0.5, 0.6) is 5.75 Å². The fourth-order valence-electron chi connectivity index (χ4n) is 2.91. The number of hydrogen-bond acceptors (Lipinski definition) is 6.